The van der Waals surface area contributed by atoms with Gasteiger partial charge >= 0.3 is 11.9 Å². The molecule has 0 saturated carbocycles. The molecule has 7 heteroatoms. The van der Waals surface area contributed by atoms with Gasteiger partial charge in [0.05, 0.1) is 11.5 Å². The maximum Gasteiger partial charge on any atom is 0.323 e. The largest absolute Gasteiger partial charge is 0.481 e. The first-order valence-electron chi connectivity index (χ1n) is 5.37. The fraction of sp³-hybridized carbons (Fsp3) is 0.250. The molecule has 0 aliphatic heterocycles. The SMILES string of the molecule is O=C(O)CSCC(=O)N(CC(=O)O)c1ccccc1. The van der Waals surface area contributed by atoms with Crippen LogP contribution < -0.4 is 4.90 Å². The van der Waals surface area contributed by atoms with Crippen molar-refractivity contribution < 1.29 is 24.6 Å². The number of thioether (sulfide) groups is 1. The zero-order valence-corrected chi connectivity index (χ0v) is 10.8. The van der Waals surface area contributed by atoms with Crippen LogP contribution in [0.25, 0.3) is 0 Å². The fourth-order valence-electron chi connectivity index (χ4n) is 1.37. The molecular weight excluding hydrogens is 270 g/mol. The van der Waals surface area contributed by atoms with Crippen LogP contribution in [0.15, 0.2) is 30.3 Å². The van der Waals surface area contributed by atoms with Crippen LogP contribution in [0.1, 0.15) is 0 Å². The minimum absolute atomic E-state index is 0.0749. The van der Waals surface area contributed by atoms with E-state index in [9.17, 15) is 14.4 Å². The topological polar surface area (TPSA) is 94.9 Å². The van der Waals surface area contributed by atoms with Gasteiger partial charge in [0, 0.05) is 5.69 Å². The summed E-state index contributed by atoms with van der Waals surface area (Å²) in [4.78, 5) is 34.2. The van der Waals surface area contributed by atoms with Crippen LogP contribution in [0, 0.1) is 0 Å². The summed E-state index contributed by atoms with van der Waals surface area (Å²) in [5, 5.41) is 17.3. The van der Waals surface area contributed by atoms with Crippen molar-refractivity contribution in [1.29, 1.82) is 0 Å². The molecule has 0 heterocycles. The average molecular weight is 283 g/mol. The molecule has 0 aliphatic rings. The Morgan fingerprint density at radius 2 is 1.63 bits per heavy atom. The summed E-state index contributed by atoms with van der Waals surface area (Å²) in [6.45, 7) is -0.448. The lowest BCUT2D eigenvalue weighted by Crippen LogP contribution is -2.37. The van der Waals surface area contributed by atoms with Crippen molar-refractivity contribution in [3.63, 3.8) is 0 Å². The fourth-order valence-corrected chi connectivity index (χ4v) is 1.98. The van der Waals surface area contributed by atoms with Gasteiger partial charge < -0.3 is 15.1 Å². The van der Waals surface area contributed by atoms with Crippen molar-refractivity contribution in [2.24, 2.45) is 0 Å². The lowest BCUT2D eigenvalue weighted by Gasteiger charge is -2.20. The molecule has 2 N–H and O–H groups in total. The predicted octanol–water partition coefficient (Wildman–Crippen LogP) is 0.922. The van der Waals surface area contributed by atoms with Crippen LogP contribution >= 0.6 is 11.8 Å². The summed E-state index contributed by atoms with van der Waals surface area (Å²) in [5.74, 6) is -2.83. The van der Waals surface area contributed by atoms with E-state index in [0.29, 0.717) is 5.69 Å². The van der Waals surface area contributed by atoms with E-state index in [0.717, 1.165) is 16.7 Å². The molecule has 102 valence electrons. The molecule has 0 spiro atoms. The van der Waals surface area contributed by atoms with E-state index in [1.54, 1.807) is 30.3 Å². The molecule has 1 amide bonds. The van der Waals surface area contributed by atoms with Crippen LogP contribution in [-0.2, 0) is 14.4 Å². The molecule has 0 aromatic heterocycles. The number of para-hydroxylation sites is 1. The summed E-state index contributed by atoms with van der Waals surface area (Å²) in [5.41, 5.74) is 0.478. The van der Waals surface area contributed by atoms with Gasteiger partial charge in [-0.15, -0.1) is 11.8 Å². The Hall–Kier alpha value is -2.02. The molecule has 19 heavy (non-hydrogen) atoms. The second kappa shape index (κ2) is 7.42. The van der Waals surface area contributed by atoms with Gasteiger partial charge in [-0.3, -0.25) is 14.4 Å². The number of carboxylic acids is 2. The normalized spacial score (nSPS) is 9.89. The highest BCUT2D eigenvalue weighted by Gasteiger charge is 2.18. The first-order valence-corrected chi connectivity index (χ1v) is 6.53. The maximum atomic E-state index is 11.9. The third kappa shape index (κ3) is 5.43. The molecule has 0 atom stereocenters. The van der Waals surface area contributed by atoms with Gasteiger partial charge in [0.1, 0.15) is 6.54 Å². The minimum atomic E-state index is -1.12. The number of carboxylic acid groups (broad SMARTS) is 2. The third-order valence-electron chi connectivity index (χ3n) is 2.11. The van der Waals surface area contributed by atoms with Gasteiger partial charge in [-0.2, -0.15) is 0 Å². The number of aliphatic carboxylic acids is 2. The Bertz CT molecular complexity index is 462. The first-order chi connectivity index (χ1) is 9.00. The highest BCUT2D eigenvalue weighted by atomic mass is 32.2. The lowest BCUT2D eigenvalue weighted by atomic mass is 10.3. The number of anilines is 1. The van der Waals surface area contributed by atoms with Gasteiger partial charge in [-0.25, -0.2) is 0 Å². The molecule has 0 radical (unpaired) electrons. The number of carbonyl (C=O) groups excluding carboxylic acids is 1. The molecule has 6 nitrogen and oxygen atoms in total. The Kier molecular flexibility index (Phi) is 5.87. The highest BCUT2D eigenvalue weighted by Crippen LogP contribution is 2.15. The smallest absolute Gasteiger partial charge is 0.323 e. The number of hydrogen-bond acceptors (Lipinski definition) is 4. The Morgan fingerprint density at radius 1 is 1.00 bits per heavy atom. The minimum Gasteiger partial charge on any atom is -0.481 e. The lowest BCUT2D eigenvalue weighted by molar-refractivity contribution is -0.136. The number of carbonyl (C=O) groups is 3. The molecular formula is C12H13NO5S. The molecule has 0 fully saturated rings. The van der Waals surface area contributed by atoms with Gasteiger partial charge in [-0.05, 0) is 12.1 Å². The third-order valence-corrected chi connectivity index (χ3v) is 3.02. The first kappa shape index (κ1) is 15.0. The molecule has 0 bridgehead atoms. The monoisotopic (exact) mass is 283 g/mol. The van der Waals surface area contributed by atoms with Gasteiger partial charge in [0.2, 0.25) is 5.91 Å². The second-order valence-electron chi connectivity index (χ2n) is 3.60. The van der Waals surface area contributed by atoms with Gasteiger partial charge in [-0.1, -0.05) is 18.2 Å². The van der Waals surface area contributed by atoms with Crippen molar-refractivity contribution in [2.45, 2.75) is 0 Å². The average Bonchev–Trinajstić information content (AvgIpc) is 2.36. The number of hydrogen-bond donors (Lipinski definition) is 2. The van der Waals surface area contributed by atoms with Crippen molar-refractivity contribution >= 4 is 35.3 Å². The quantitative estimate of drug-likeness (QED) is 0.772. The van der Waals surface area contributed by atoms with E-state index < -0.39 is 24.4 Å². The van der Waals surface area contributed by atoms with Crippen molar-refractivity contribution in [3.8, 4) is 0 Å². The number of benzene rings is 1. The molecule has 1 rings (SSSR count). The number of nitrogens with zero attached hydrogens (tertiary/aromatic N) is 1. The Morgan fingerprint density at radius 3 is 2.16 bits per heavy atom. The van der Waals surface area contributed by atoms with E-state index in [-0.39, 0.29) is 11.5 Å². The number of amides is 1. The van der Waals surface area contributed by atoms with E-state index in [1.807, 2.05) is 0 Å². The van der Waals surface area contributed by atoms with Crippen molar-refractivity contribution in [1.82, 2.24) is 0 Å². The standard InChI is InChI=1S/C12H13NO5S/c14-10(7-19-8-12(17)18)13(6-11(15)16)9-4-2-1-3-5-9/h1-5H,6-8H2,(H,15,16)(H,17,18). The number of rotatable bonds is 7. The van der Waals surface area contributed by atoms with Crippen LogP contribution in [0.2, 0.25) is 0 Å². The van der Waals surface area contributed by atoms with Crippen LogP contribution in [0.5, 0.6) is 0 Å². The summed E-state index contributed by atoms with van der Waals surface area (Å²) in [6.07, 6.45) is 0. The van der Waals surface area contributed by atoms with Gasteiger partial charge in [0.15, 0.2) is 0 Å². The van der Waals surface area contributed by atoms with E-state index in [4.69, 9.17) is 10.2 Å². The van der Waals surface area contributed by atoms with E-state index in [1.165, 1.54) is 0 Å². The van der Waals surface area contributed by atoms with Crippen LogP contribution in [-0.4, -0.2) is 46.1 Å². The molecule has 0 aliphatic carbocycles. The zero-order chi connectivity index (χ0) is 14.3. The maximum absolute atomic E-state index is 11.9. The highest BCUT2D eigenvalue weighted by molar-refractivity contribution is 8.00. The van der Waals surface area contributed by atoms with Gasteiger partial charge in [0.25, 0.3) is 0 Å². The predicted molar refractivity (Wildman–Crippen MR) is 71.4 cm³/mol. The Labute approximate surface area is 114 Å². The summed E-state index contributed by atoms with van der Waals surface area (Å²) in [6, 6.07) is 8.40. The van der Waals surface area contributed by atoms with E-state index in [2.05, 4.69) is 0 Å². The van der Waals surface area contributed by atoms with E-state index >= 15 is 0 Å². The molecule has 0 unspecified atom stereocenters. The van der Waals surface area contributed by atoms with Crippen LogP contribution in [0.4, 0.5) is 5.69 Å². The Balaban J connectivity index is 2.71. The molecule has 1 aromatic carbocycles. The summed E-state index contributed by atoms with van der Waals surface area (Å²) in [7, 11) is 0. The van der Waals surface area contributed by atoms with Crippen molar-refractivity contribution in [2.75, 3.05) is 23.0 Å². The molecule has 0 saturated heterocycles. The van der Waals surface area contributed by atoms with Crippen LogP contribution in [0.3, 0.4) is 0 Å². The zero-order valence-electron chi connectivity index (χ0n) is 9.98. The second-order valence-corrected chi connectivity index (χ2v) is 4.58. The van der Waals surface area contributed by atoms with Crippen molar-refractivity contribution in [3.05, 3.63) is 30.3 Å². The summed E-state index contributed by atoms with van der Waals surface area (Å²) < 4.78 is 0. The molecule has 1 aromatic rings. The summed E-state index contributed by atoms with van der Waals surface area (Å²) >= 11 is 0.936.